The molecule has 0 aromatic heterocycles. The summed E-state index contributed by atoms with van der Waals surface area (Å²) < 4.78 is 0. The highest BCUT2D eigenvalue weighted by atomic mass is 14.0. The molecule has 0 fully saturated rings. The fraction of sp³-hybridized carbons (Fsp3) is 0.857. The van der Waals surface area contributed by atoms with Crippen molar-refractivity contribution in [3.05, 3.63) is 0 Å². The average Bonchev–Trinajstić information content (AvgIpc) is 2.22. The van der Waals surface area contributed by atoms with Crippen LogP contribution in [0.3, 0.4) is 0 Å². The zero-order valence-electron chi connectivity index (χ0n) is 10.2. The second-order valence-corrected chi connectivity index (χ2v) is 4.00. The SMILES string of the molecule is CCCCCCCC#CC(CC)CC. The Morgan fingerprint density at radius 2 is 1.50 bits per heavy atom. The molecule has 82 valence electrons. The lowest BCUT2D eigenvalue weighted by Gasteiger charge is -2.00. The summed E-state index contributed by atoms with van der Waals surface area (Å²) in [6, 6.07) is 0. The topological polar surface area (TPSA) is 0 Å². The van der Waals surface area contributed by atoms with Crippen molar-refractivity contribution in [2.24, 2.45) is 5.92 Å². The van der Waals surface area contributed by atoms with Gasteiger partial charge < -0.3 is 0 Å². The van der Waals surface area contributed by atoms with Crippen molar-refractivity contribution in [3.63, 3.8) is 0 Å². The predicted molar refractivity (Wildman–Crippen MR) is 65.2 cm³/mol. The summed E-state index contributed by atoms with van der Waals surface area (Å²) in [4.78, 5) is 0. The molecular weight excluding hydrogens is 168 g/mol. The summed E-state index contributed by atoms with van der Waals surface area (Å²) in [6.07, 6.45) is 10.3. The van der Waals surface area contributed by atoms with Crippen LogP contribution in [0.2, 0.25) is 0 Å². The maximum atomic E-state index is 3.36. The van der Waals surface area contributed by atoms with Gasteiger partial charge in [0.05, 0.1) is 0 Å². The number of unbranched alkanes of at least 4 members (excludes halogenated alkanes) is 5. The van der Waals surface area contributed by atoms with Gasteiger partial charge in [0.2, 0.25) is 0 Å². The van der Waals surface area contributed by atoms with Gasteiger partial charge in [0.1, 0.15) is 0 Å². The zero-order valence-corrected chi connectivity index (χ0v) is 10.2. The van der Waals surface area contributed by atoms with E-state index in [9.17, 15) is 0 Å². The Labute approximate surface area is 90.5 Å². The van der Waals surface area contributed by atoms with E-state index in [0.29, 0.717) is 5.92 Å². The minimum atomic E-state index is 0.644. The Morgan fingerprint density at radius 1 is 0.857 bits per heavy atom. The van der Waals surface area contributed by atoms with E-state index in [0.717, 1.165) is 6.42 Å². The van der Waals surface area contributed by atoms with E-state index in [4.69, 9.17) is 0 Å². The molecule has 0 saturated heterocycles. The van der Waals surface area contributed by atoms with E-state index in [1.54, 1.807) is 0 Å². The van der Waals surface area contributed by atoms with E-state index in [1.165, 1.54) is 44.9 Å². The van der Waals surface area contributed by atoms with Crippen LogP contribution < -0.4 is 0 Å². The molecule has 0 aromatic rings. The third-order valence-electron chi connectivity index (χ3n) is 2.70. The number of rotatable bonds is 7. The minimum Gasteiger partial charge on any atom is -0.103 e. The molecule has 0 N–H and O–H groups in total. The van der Waals surface area contributed by atoms with Crippen molar-refractivity contribution in [2.75, 3.05) is 0 Å². The molecule has 0 atom stereocenters. The summed E-state index contributed by atoms with van der Waals surface area (Å²) in [7, 11) is 0. The summed E-state index contributed by atoms with van der Waals surface area (Å²) in [5.41, 5.74) is 0. The number of hydrogen-bond donors (Lipinski definition) is 0. The highest BCUT2D eigenvalue weighted by molar-refractivity contribution is 5.02. The largest absolute Gasteiger partial charge is 0.103 e. The Bertz CT molecular complexity index is 155. The van der Waals surface area contributed by atoms with Gasteiger partial charge in [-0.2, -0.15) is 0 Å². The molecule has 0 amide bonds. The molecule has 14 heavy (non-hydrogen) atoms. The average molecular weight is 194 g/mol. The van der Waals surface area contributed by atoms with Gasteiger partial charge in [-0.05, 0) is 19.3 Å². The summed E-state index contributed by atoms with van der Waals surface area (Å²) in [6.45, 7) is 6.71. The van der Waals surface area contributed by atoms with Crippen molar-refractivity contribution < 1.29 is 0 Å². The van der Waals surface area contributed by atoms with Gasteiger partial charge in [-0.25, -0.2) is 0 Å². The van der Waals surface area contributed by atoms with Gasteiger partial charge in [-0.15, -0.1) is 5.92 Å². The van der Waals surface area contributed by atoms with Crippen LogP contribution in [0.15, 0.2) is 0 Å². The van der Waals surface area contributed by atoms with Gasteiger partial charge in [-0.3, -0.25) is 0 Å². The first-order chi connectivity index (χ1) is 6.85. The Morgan fingerprint density at radius 3 is 2.07 bits per heavy atom. The Balaban J connectivity index is 3.32. The maximum Gasteiger partial charge on any atom is 0.0197 e. The van der Waals surface area contributed by atoms with Crippen molar-refractivity contribution >= 4 is 0 Å². The van der Waals surface area contributed by atoms with Gasteiger partial charge in [0.25, 0.3) is 0 Å². The quantitative estimate of drug-likeness (QED) is 0.404. The van der Waals surface area contributed by atoms with Crippen LogP contribution in [0.1, 0.15) is 72.1 Å². The van der Waals surface area contributed by atoms with E-state index < -0.39 is 0 Å². The molecule has 0 rings (SSSR count). The third-order valence-corrected chi connectivity index (χ3v) is 2.70. The van der Waals surface area contributed by atoms with Crippen LogP contribution in [0, 0.1) is 17.8 Å². The molecule has 0 bridgehead atoms. The lowest BCUT2D eigenvalue weighted by Crippen LogP contribution is -1.90. The second kappa shape index (κ2) is 10.6. The second-order valence-electron chi connectivity index (χ2n) is 4.00. The molecule has 0 heterocycles. The molecule has 0 aliphatic carbocycles. The number of hydrogen-bond acceptors (Lipinski definition) is 0. The molecule has 0 saturated carbocycles. The smallest absolute Gasteiger partial charge is 0.0197 e. The van der Waals surface area contributed by atoms with Gasteiger partial charge >= 0.3 is 0 Å². The highest BCUT2D eigenvalue weighted by Crippen LogP contribution is 2.06. The van der Waals surface area contributed by atoms with E-state index >= 15 is 0 Å². The standard InChI is InChI=1S/C14H26/c1-4-7-8-9-10-11-12-13-14(5-2)6-3/h14H,4-11H2,1-3H3. The van der Waals surface area contributed by atoms with Gasteiger partial charge in [0.15, 0.2) is 0 Å². The first-order valence-corrected chi connectivity index (χ1v) is 6.33. The normalized spacial score (nSPS) is 10.0. The van der Waals surface area contributed by atoms with E-state index in [-0.39, 0.29) is 0 Å². The first-order valence-electron chi connectivity index (χ1n) is 6.33. The van der Waals surface area contributed by atoms with Crippen LogP contribution in [0.5, 0.6) is 0 Å². The van der Waals surface area contributed by atoms with Crippen molar-refractivity contribution in [2.45, 2.75) is 72.1 Å². The first kappa shape index (κ1) is 13.6. The van der Waals surface area contributed by atoms with Crippen LogP contribution in [-0.4, -0.2) is 0 Å². The Hall–Kier alpha value is -0.440. The molecule has 0 spiro atoms. The fourth-order valence-electron chi connectivity index (χ4n) is 1.53. The van der Waals surface area contributed by atoms with Crippen molar-refractivity contribution in [1.29, 1.82) is 0 Å². The zero-order chi connectivity index (χ0) is 10.6. The minimum absolute atomic E-state index is 0.644. The molecule has 0 aliphatic heterocycles. The maximum absolute atomic E-state index is 3.36. The monoisotopic (exact) mass is 194 g/mol. The third kappa shape index (κ3) is 8.17. The summed E-state index contributed by atoms with van der Waals surface area (Å²) in [5.74, 6) is 7.32. The molecule has 0 aromatic carbocycles. The molecule has 0 unspecified atom stereocenters. The van der Waals surface area contributed by atoms with Gasteiger partial charge in [0, 0.05) is 12.3 Å². The van der Waals surface area contributed by atoms with E-state index in [2.05, 4.69) is 32.6 Å². The van der Waals surface area contributed by atoms with Crippen molar-refractivity contribution in [1.82, 2.24) is 0 Å². The molecule has 0 radical (unpaired) electrons. The predicted octanol–water partition coefficient (Wildman–Crippen LogP) is 4.79. The van der Waals surface area contributed by atoms with Crippen LogP contribution >= 0.6 is 0 Å². The lowest BCUT2D eigenvalue weighted by molar-refractivity contribution is 0.623. The highest BCUT2D eigenvalue weighted by Gasteiger charge is 1.95. The fourth-order valence-corrected chi connectivity index (χ4v) is 1.53. The van der Waals surface area contributed by atoms with Crippen LogP contribution in [-0.2, 0) is 0 Å². The lowest BCUT2D eigenvalue weighted by atomic mass is 10.0. The summed E-state index contributed by atoms with van der Waals surface area (Å²) in [5, 5.41) is 0. The molecular formula is C14H26. The Kier molecular flexibility index (Phi) is 10.3. The molecule has 0 nitrogen and oxygen atoms in total. The molecule has 0 aliphatic rings. The van der Waals surface area contributed by atoms with E-state index in [1.807, 2.05) is 0 Å². The van der Waals surface area contributed by atoms with Crippen LogP contribution in [0.4, 0.5) is 0 Å². The summed E-state index contributed by atoms with van der Waals surface area (Å²) >= 11 is 0. The van der Waals surface area contributed by atoms with Gasteiger partial charge in [-0.1, -0.05) is 52.4 Å². The van der Waals surface area contributed by atoms with Crippen molar-refractivity contribution in [3.8, 4) is 11.8 Å². The molecule has 0 heteroatoms. The van der Waals surface area contributed by atoms with Crippen LogP contribution in [0.25, 0.3) is 0 Å².